The zero-order valence-corrected chi connectivity index (χ0v) is 16.8. The molecule has 156 valence electrons. The Morgan fingerprint density at radius 2 is 1.93 bits per heavy atom. The Bertz CT molecular complexity index is 1160. The van der Waals surface area contributed by atoms with Crippen molar-refractivity contribution in [1.29, 1.82) is 0 Å². The number of nitrogens with zero attached hydrogens (tertiary/aromatic N) is 3. The molecule has 2 heterocycles. The number of rotatable bonds is 4. The molecule has 1 amide bonds. The second kappa shape index (κ2) is 8.34. The van der Waals surface area contributed by atoms with Crippen molar-refractivity contribution >= 4 is 21.8 Å². The average Bonchev–Trinajstić information content (AvgIpc) is 2.67. The SMILES string of the molecule is C[C@@H](NC(=O)c1ccc(=O)n(-c2cncc(Br)c2)n1)c1cccc(C(F)(F)F)c1F. The first-order chi connectivity index (χ1) is 14.1. The summed E-state index contributed by atoms with van der Waals surface area (Å²) in [5.41, 5.74) is -2.17. The lowest BCUT2D eigenvalue weighted by molar-refractivity contribution is -0.140. The lowest BCUT2D eigenvalue weighted by Crippen LogP contribution is -2.31. The molecule has 1 aromatic carbocycles. The standard InChI is InChI=1S/C19H13BrF4N4O2/c1-10(13-3-2-4-14(17(13)21)19(22,23)24)26-18(30)15-5-6-16(29)28(27-15)12-7-11(20)8-25-9-12/h2-10H,1H3,(H,26,30)/t10-/m1/s1. The van der Waals surface area contributed by atoms with E-state index in [-0.39, 0.29) is 11.3 Å². The number of nitrogens with one attached hydrogen (secondary N) is 1. The monoisotopic (exact) mass is 484 g/mol. The molecule has 0 aliphatic carbocycles. The molecule has 3 aromatic rings. The minimum Gasteiger partial charge on any atom is -0.344 e. The van der Waals surface area contributed by atoms with Crippen LogP contribution in [0.3, 0.4) is 0 Å². The van der Waals surface area contributed by atoms with Gasteiger partial charge in [0.15, 0.2) is 0 Å². The van der Waals surface area contributed by atoms with Gasteiger partial charge in [0.25, 0.3) is 11.5 Å². The van der Waals surface area contributed by atoms with Crippen LogP contribution in [0.25, 0.3) is 5.69 Å². The van der Waals surface area contributed by atoms with Gasteiger partial charge in [-0.25, -0.2) is 4.39 Å². The van der Waals surface area contributed by atoms with Crippen LogP contribution in [0.5, 0.6) is 0 Å². The summed E-state index contributed by atoms with van der Waals surface area (Å²) in [7, 11) is 0. The van der Waals surface area contributed by atoms with E-state index in [4.69, 9.17) is 0 Å². The third-order valence-electron chi connectivity index (χ3n) is 4.12. The van der Waals surface area contributed by atoms with Gasteiger partial charge in [0.2, 0.25) is 0 Å². The molecule has 0 aliphatic rings. The zero-order valence-electron chi connectivity index (χ0n) is 15.2. The summed E-state index contributed by atoms with van der Waals surface area (Å²) in [5, 5.41) is 6.36. The van der Waals surface area contributed by atoms with Crippen LogP contribution in [0.4, 0.5) is 17.6 Å². The molecule has 1 atom stereocenters. The molecule has 0 radical (unpaired) electrons. The number of hydrogen-bond acceptors (Lipinski definition) is 4. The van der Waals surface area contributed by atoms with E-state index in [1.165, 1.54) is 19.3 Å². The van der Waals surface area contributed by atoms with E-state index in [0.717, 1.165) is 28.9 Å². The number of benzene rings is 1. The maximum Gasteiger partial charge on any atom is 0.419 e. The van der Waals surface area contributed by atoms with E-state index in [9.17, 15) is 27.2 Å². The van der Waals surface area contributed by atoms with Crippen molar-refractivity contribution in [3.63, 3.8) is 0 Å². The molecule has 11 heteroatoms. The Morgan fingerprint density at radius 1 is 1.20 bits per heavy atom. The number of aromatic nitrogens is 3. The number of carbonyl (C=O) groups excluding carboxylic acids is 1. The quantitative estimate of drug-likeness (QED) is 0.567. The van der Waals surface area contributed by atoms with Crippen LogP contribution >= 0.6 is 15.9 Å². The van der Waals surface area contributed by atoms with Crippen molar-refractivity contribution in [1.82, 2.24) is 20.1 Å². The number of alkyl halides is 3. The summed E-state index contributed by atoms with van der Waals surface area (Å²) < 4.78 is 54.6. The Balaban J connectivity index is 1.88. The summed E-state index contributed by atoms with van der Waals surface area (Å²) in [5.74, 6) is -2.26. The fraction of sp³-hybridized carbons (Fsp3) is 0.158. The van der Waals surface area contributed by atoms with Gasteiger partial charge in [-0.15, -0.1) is 0 Å². The second-order valence-corrected chi connectivity index (χ2v) is 7.15. The topological polar surface area (TPSA) is 76.9 Å². The molecule has 2 aromatic heterocycles. The number of hydrogen-bond donors (Lipinski definition) is 1. The molecular weight excluding hydrogens is 472 g/mol. The predicted molar refractivity (Wildman–Crippen MR) is 103 cm³/mol. The minimum atomic E-state index is -4.86. The summed E-state index contributed by atoms with van der Waals surface area (Å²) in [4.78, 5) is 28.5. The van der Waals surface area contributed by atoms with Gasteiger partial charge in [-0.05, 0) is 41.1 Å². The normalized spacial score (nSPS) is 12.5. The molecule has 3 rings (SSSR count). The van der Waals surface area contributed by atoms with Crippen LogP contribution in [0, 0.1) is 5.82 Å². The fourth-order valence-corrected chi connectivity index (χ4v) is 3.04. The van der Waals surface area contributed by atoms with E-state index in [2.05, 4.69) is 31.3 Å². The number of carbonyl (C=O) groups is 1. The Kier molecular flexibility index (Phi) is 6.01. The van der Waals surface area contributed by atoms with Crippen LogP contribution in [-0.4, -0.2) is 20.7 Å². The van der Waals surface area contributed by atoms with Gasteiger partial charge in [0.05, 0.1) is 23.5 Å². The van der Waals surface area contributed by atoms with Crippen LogP contribution < -0.4 is 10.9 Å². The molecular formula is C19H13BrF4N4O2. The number of pyridine rings is 1. The molecule has 0 fully saturated rings. The fourth-order valence-electron chi connectivity index (χ4n) is 2.69. The average molecular weight is 485 g/mol. The van der Waals surface area contributed by atoms with Gasteiger partial charge in [0.1, 0.15) is 11.5 Å². The van der Waals surface area contributed by atoms with Gasteiger partial charge in [-0.3, -0.25) is 14.6 Å². The molecule has 0 aliphatic heterocycles. The van der Waals surface area contributed by atoms with E-state index < -0.39 is 35.1 Å². The van der Waals surface area contributed by atoms with Gasteiger partial charge >= 0.3 is 6.18 Å². The molecule has 0 bridgehead atoms. The summed E-state index contributed by atoms with van der Waals surface area (Å²) in [6.45, 7) is 1.34. The third-order valence-corrected chi connectivity index (χ3v) is 4.55. The Labute approximate surface area is 175 Å². The highest BCUT2D eigenvalue weighted by atomic mass is 79.9. The van der Waals surface area contributed by atoms with Crippen molar-refractivity contribution in [2.75, 3.05) is 0 Å². The smallest absolute Gasteiger partial charge is 0.344 e. The summed E-state index contributed by atoms with van der Waals surface area (Å²) >= 11 is 3.22. The van der Waals surface area contributed by atoms with Gasteiger partial charge in [-0.2, -0.15) is 23.0 Å². The molecule has 0 unspecified atom stereocenters. The largest absolute Gasteiger partial charge is 0.419 e. The lowest BCUT2D eigenvalue weighted by atomic mass is 10.0. The third kappa shape index (κ3) is 4.56. The van der Waals surface area contributed by atoms with E-state index in [1.807, 2.05) is 0 Å². The van der Waals surface area contributed by atoms with Crippen molar-refractivity contribution in [2.24, 2.45) is 0 Å². The van der Waals surface area contributed by atoms with Crippen molar-refractivity contribution in [3.05, 3.63) is 86.3 Å². The van der Waals surface area contributed by atoms with E-state index in [1.54, 1.807) is 6.07 Å². The maximum absolute atomic E-state index is 14.3. The zero-order chi connectivity index (χ0) is 22.1. The second-order valence-electron chi connectivity index (χ2n) is 6.23. The highest BCUT2D eigenvalue weighted by Crippen LogP contribution is 2.33. The van der Waals surface area contributed by atoms with Crippen LogP contribution in [0.2, 0.25) is 0 Å². The molecule has 0 spiro atoms. The van der Waals surface area contributed by atoms with Crippen molar-refractivity contribution < 1.29 is 22.4 Å². The Morgan fingerprint density at radius 3 is 2.60 bits per heavy atom. The highest BCUT2D eigenvalue weighted by Gasteiger charge is 2.35. The van der Waals surface area contributed by atoms with Crippen LogP contribution in [0.1, 0.15) is 34.6 Å². The molecule has 1 N–H and O–H groups in total. The summed E-state index contributed by atoms with van der Waals surface area (Å²) in [6, 6.07) is 5.57. The lowest BCUT2D eigenvalue weighted by Gasteiger charge is -2.17. The molecule has 0 saturated heterocycles. The Hall–Kier alpha value is -3.08. The highest BCUT2D eigenvalue weighted by molar-refractivity contribution is 9.10. The number of amides is 1. The molecule has 6 nitrogen and oxygen atoms in total. The predicted octanol–water partition coefficient (Wildman–Crippen LogP) is 4.04. The van der Waals surface area contributed by atoms with Crippen molar-refractivity contribution in [3.8, 4) is 5.69 Å². The molecule has 0 saturated carbocycles. The maximum atomic E-state index is 14.3. The number of halogens is 5. The minimum absolute atomic E-state index is 0.186. The van der Waals surface area contributed by atoms with Gasteiger partial charge < -0.3 is 5.32 Å². The first-order valence-electron chi connectivity index (χ1n) is 8.45. The van der Waals surface area contributed by atoms with Crippen molar-refractivity contribution in [2.45, 2.75) is 19.1 Å². The van der Waals surface area contributed by atoms with Gasteiger partial charge in [-0.1, -0.05) is 12.1 Å². The first-order valence-corrected chi connectivity index (χ1v) is 9.25. The first kappa shape index (κ1) is 21.6. The van der Waals surface area contributed by atoms with Crippen LogP contribution in [-0.2, 0) is 6.18 Å². The molecule has 30 heavy (non-hydrogen) atoms. The van der Waals surface area contributed by atoms with Crippen LogP contribution in [0.15, 0.2) is 58.1 Å². The van der Waals surface area contributed by atoms with Gasteiger partial charge in [0, 0.05) is 22.3 Å². The summed E-state index contributed by atoms with van der Waals surface area (Å²) in [6.07, 6.45) is -2.00. The van der Waals surface area contributed by atoms with E-state index >= 15 is 0 Å². The van der Waals surface area contributed by atoms with E-state index in [0.29, 0.717) is 16.2 Å².